The van der Waals surface area contributed by atoms with Gasteiger partial charge in [-0.15, -0.1) is 0 Å². The predicted octanol–water partition coefficient (Wildman–Crippen LogP) is -0.0447. The van der Waals surface area contributed by atoms with Gasteiger partial charge in [-0.1, -0.05) is 0 Å². The van der Waals surface area contributed by atoms with E-state index in [2.05, 4.69) is 4.40 Å². The van der Waals surface area contributed by atoms with Gasteiger partial charge in [0.15, 0.2) is 6.29 Å². The van der Waals surface area contributed by atoms with E-state index in [4.69, 9.17) is 10.2 Å². The molecule has 4 nitrogen and oxygen atoms in total. The maximum absolute atomic E-state index is 9.88. The molecule has 0 aromatic heterocycles. The number of nitrogens with one attached hydrogen (secondary N) is 2. The van der Waals surface area contributed by atoms with Crippen LogP contribution in [0.5, 0.6) is 0 Å². The maximum atomic E-state index is 9.88. The van der Waals surface area contributed by atoms with E-state index in [1.807, 2.05) is 0 Å². The number of hydrogen-bond acceptors (Lipinski definition) is 3. The second-order valence-electron chi connectivity index (χ2n) is 1.58. The average Bonchev–Trinajstić information content (AvgIpc) is 1.79. The van der Waals surface area contributed by atoms with Crippen LogP contribution in [0.3, 0.4) is 0 Å². The zero-order valence-electron chi connectivity index (χ0n) is 4.55. The van der Waals surface area contributed by atoms with Gasteiger partial charge in [0.1, 0.15) is 5.71 Å². The van der Waals surface area contributed by atoms with Crippen molar-refractivity contribution in [1.29, 1.82) is 10.2 Å². The van der Waals surface area contributed by atoms with E-state index in [-0.39, 0.29) is 5.71 Å². The van der Waals surface area contributed by atoms with E-state index >= 15 is 0 Å². The Morgan fingerprint density at radius 1 is 1.89 bits per heavy atom. The molecule has 5 heteroatoms. The zero-order chi connectivity index (χ0) is 6.85. The molecule has 0 saturated heterocycles. The molecule has 0 aromatic carbocycles. The van der Waals surface area contributed by atoms with Gasteiger partial charge in [-0.2, -0.15) is 0 Å². The normalized spacial score (nSPS) is 24.0. The maximum Gasteiger partial charge on any atom is 0.169 e. The van der Waals surface area contributed by atoms with Crippen LogP contribution in [0.25, 0.3) is 0 Å². The molecule has 1 unspecified atom stereocenters. The van der Waals surface area contributed by atoms with Gasteiger partial charge in [-0.3, -0.25) is 15.0 Å². The molecule has 1 rings (SSSR count). The van der Waals surface area contributed by atoms with Crippen LogP contribution in [0.4, 0.5) is 0 Å². The number of hydrogen-bond donors (Lipinski definition) is 2. The third-order valence-electron chi connectivity index (χ3n) is 0.923. The van der Waals surface area contributed by atoms with Crippen molar-refractivity contribution in [2.24, 2.45) is 4.40 Å². The molecule has 1 heterocycles. The number of nitrogens with zero attached hydrogens (tertiary/aromatic N) is 1. The largest absolute Gasteiger partial charge is 0.296 e. The monoisotopic (exact) mass is 143 g/mol. The summed E-state index contributed by atoms with van der Waals surface area (Å²) in [7, 11) is -0.656. The lowest BCUT2D eigenvalue weighted by Gasteiger charge is -2.11. The second-order valence-corrected chi connectivity index (χ2v) is 2.78. The molecule has 0 spiro atoms. The van der Waals surface area contributed by atoms with Crippen molar-refractivity contribution in [3.05, 3.63) is 0 Å². The molecule has 1 atom stereocenters. The van der Waals surface area contributed by atoms with Crippen molar-refractivity contribution < 1.29 is 4.79 Å². The molecular weight excluding hydrogens is 138 g/mol. The Hall–Kier alpha value is -0.840. The summed E-state index contributed by atoms with van der Waals surface area (Å²) in [6, 6.07) is 0. The quantitative estimate of drug-likeness (QED) is 0.412. The van der Waals surface area contributed by atoms with Crippen molar-refractivity contribution in [2.75, 3.05) is 5.75 Å². The predicted molar refractivity (Wildman–Crippen MR) is 36.2 cm³/mol. The van der Waals surface area contributed by atoms with Crippen LogP contribution in [0.1, 0.15) is 0 Å². The summed E-state index contributed by atoms with van der Waals surface area (Å²) in [6.45, 7) is 0. The number of carbonyl (C=O) groups is 1. The molecule has 48 valence electrons. The van der Waals surface area contributed by atoms with Crippen LogP contribution in [-0.2, 0) is 15.7 Å². The first-order valence-electron chi connectivity index (χ1n) is 2.28. The summed E-state index contributed by atoms with van der Waals surface area (Å²) < 4.78 is 10.6. The van der Waals surface area contributed by atoms with Gasteiger partial charge in [-0.05, 0) is 0 Å². The van der Waals surface area contributed by atoms with Gasteiger partial charge >= 0.3 is 0 Å². The third-order valence-corrected chi connectivity index (χ3v) is 1.91. The minimum Gasteiger partial charge on any atom is -0.296 e. The Kier molecular flexibility index (Phi) is 1.52. The number of aldehydes is 1. The van der Waals surface area contributed by atoms with Crippen molar-refractivity contribution in [3.8, 4) is 0 Å². The molecular formula is C4H5N3OS. The fourth-order valence-electron chi connectivity index (χ4n) is 0.447. The summed E-state index contributed by atoms with van der Waals surface area (Å²) in [6.07, 6.45) is 0.454. The van der Waals surface area contributed by atoms with Gasteiger partial charge in [0.05, 0.1) is 11.5 Å². The summed E-state index contributed by atoms with van der Waals surface area (Å²) in [4.78, 5) is 9.88. The Bertz CT molecular complexity index is 220. The molecule has 0 bridgehead atoms. The van der Waals surface area contributed by atoms with E-state index in [1.165, 1.54) is 0 Å². The molecule has 1 aliphatic rings. The average molecular weight is 143 g/mol. The lowest BCUT2D eigenvalue weighted by atomic mass is 10.3. The highest BCUT2D eigenvalue weighted by Crippen LogP contribution is 2.02. The summed E-state index contributed by atoms with van der Waals surface area (Å²) in [5.74, 6) is 0.484. The lowest BCUT2D eigenvalue weighted by molar-refractivity contribution is -0.102. The summed E-state index contributed by atoms with van der Waals surface area (Å²) >= 11 is 0. The third kappa shape index (κ3) is 1.10. The molecule has 0 aliphatic carbocycles. The number of carbonyl (C=O) groups excluding carboxylic acids is 1. The highest BCUT2D eigenvalue weighted by atomic mass is 32.2. The minimum atomic E-state index is -0.656. The minimum absolute atomic E-state index is 0.0778. The van der Waals surface area contributed by atoms with Crippen LogP contribution in [-0.4, -0.2) is 23.5 Å². The van der Waals surface area contributed by atoms with Gasteiger partial charge in [0.25, 0.3) is 0 Å². The van der Waals surface area contributed by atoms with E-state index in [0.29, 0.717) is 17.8 Å². The standard InChI is InChI=1S/C4H5N3OS/c5-3(1-8)4-2-9(6)7-4/h1,5-6H,2H2. The topological polar surface area (TPSA) is 77.1 Å². The lowest BCUT2D eigenvalue weighted by Crippen LogP contribution is -2.28. The molecule has 0 amide bonds. The smallest absolute Gasteiger partial charge is 0.169 e. The molecule has 0 fully saturated rings. The zero-order valence-corrected chi connectivity index (χ0v) is 5.36. The Morgan fingerprint density at radius 2 is 2.44 bits per heavy atom. The molecule has 2 N–H and O–H groups in total. The Labute approximate surface area is 54.5 Å². The van der Waals surface area contributed by atoms with E-state index in [9.17, 15) is 4.79 Å². The molecule has 0 radical (unpaired) electrons. The van der Waals surface area contributed by atoms with Crippen LogP contribution < -0.4 is 0 Å². The van der Waals surface area contributed by atoms with E-state index in [1.54, 1.807) is 0 Å². The van der Waals surface area contributed by atoms with Crippen molar-refractivity contribution >= 4 is 28.6 Å². The fraction of sp³-hybridized carbons (Fsp3) is 0.250. The van der Waals surface area contributed by atoms with Crippen LogP contribution in [0.15, 0.2) is 4.40 Å². The second kappa shape index (κ2) is 2.18. The van der Waals surface area contributed by atoms with Crippen molar-refractivity contribution in [2.45, 2.75) is 0 Å². The van der Waals surface area contributed by atoms with E-state index < -0.39 is 10.9 Å². The van der Waals surface area contributed by atoms with Gasteiger partial charge in [-0.25, -0.2) is 4.40 Å². The van der Waals surface area contributed by atoms with Crippen LogP contribution >= 0.6 is 0 Å². The SMILES string of the molecule is N=C(C=O)C1=NS(=N)C1. The molecule has 0 aromatic rings. The Morgan fingerprint density at radius 3 is 2.78 bits per heavy atom. The molecule has 9 heavy (non-hydrogen) atoms. The highest BCUT2D eigenvalue weighted by molar-refractivity contribution is 7.88. The van der Waals surface area contributed by atoms with Gasteiger partial charge in [0.2, 0.25) is 0 Å². The van der Waals surface area contributed by atoms with Crippen LogP contribution in [0, 0.1) is 10.2 Å². The fourth-order valence-corrected chi connectivity index (χ4v) is 1.21. The first kappa shape index (κ1) is 6.28. The van der Waals surface area contributed by atoms with Crippen LogP contribution in [0.2, 0.25) is 0 Å². The number of rotatable bonds is 2. The van der Waals surface area contributed by atoms with E-state index in [0.717, 1.165) is 0 Å². The first-order valence-corrected chi connectivity index (χ1v) is 3.63. The Balaban J connectivity index is 2.68. The highest BCUT2D eigenvalue weighted by Gasteiger charge is 2.16. The molecule has 1 aliphatic heterocycles. The van der Waals surface area contributed by atoms with Gasteiger partial charge < -0.3 is 0 Å². The van der Waals surface area contributed by atoms with Crippen molar-refractivity contribution in [1.82, 2.24) is 0 Å². The molecule has 0 saturated carbocycles. The van der Waals surface area contributed by atoms with Crippen molar-refractivity contribution in [3.63, 3.8) is 0 Å². The van der Waals surface area contributed by atoms with Gasteiger partial charge in [0, 0.05) is 10.9 Å². The summed E-state index contributed by atoms with van der Waals surface area (Å²) in [5.41, 5.74) is 0.398. The summed E-state index contributed by atoms with van der Waals surface area (Å²) in [5, 5.41) is 6.91. The first-order chi connectivity index (χ1) is 4.24.